The lowest BCUT2D eigenvalue weighted by Gasteiger charge is -2.04. The van der Waals surface area contributed by atoms with Crippen molar-refractivity contribution < 1.29 is 13.2 Å². The topological polar surface area (TPSA) is 12.9 Å². The van der Waals surface area contributed by atoms with E-state index in [1.54, 1.807) is 6.92 Å². The number of aromatic nitrogens is 1. The first-order valence-electron chi connectivity index (χ1n) is 6.91. The maximum Gasteiger partial charge on any atom is 0.417 e. The lowest BCUT2D eigenvalue weighted by Crippen LogP contribution is -2.05. The zero-order valence-electron chi connectivity index (χ0n) is 12.1. The summed E-state index contributed by atoms with van der Waals surface area (Å²) in [4.78, 5) is 3.53. The Balaban J connectivity index is 0.000000362. The molecule has 0 N–H and O–H groups in total. The van der Waals surface area contributed by atoms with E-state index in [0.717, 1.165) is 12.3 Å². The third-order valence-electron chi connectivity index (χ3n) is 2.70. The van der Waals surface area contributed by atoms with Crippen molar-refractivity contribution in [3.63, 3.8) is 0 Å². The Kier molecular flexibility index (Phi) is 9.27. The molecular formula is C15H24F3N. The van der Waals surface area contributed by atoms with E-state index in [0.29, 0.717) is 5.69 Å². The molecule has 1 heterocycles. The number of unbranched alkanes of at least 4 members (excludes halogenated alkanes) is 5. The van der Waals surface area contributed by atoms with Gasteiger partial charge in [0.15, 0.2) is 0 Å². The summed E-state index contributed by atoms with van der Waals surface area (Å²) in [6.07, 6.45) is 5.04. The molecule has 0 saturated heterocycles. The van der Waals surface area contributed by atoms with Crippen LogP contribution in [0.3, 0.4) is 0 Å². The van der Waals surface area contributed by atoms with Crippen LogP contribution in [0.5, 0.6) is 0 Å². The first-order valence-corrected chi connectivity index (χ1v) is 6.91. The minimum atomic E-state index is -4.28. The number of halogens is 3. The van der Waals surface area contributed by atoms with E-state index in [9.17, 15) is 13.2 Å². The van der Waals surface area contributed by atoms with Crippen LogP contribution in [0.15, 0.2) is 18.3 Å². The van der Waals surface area contributed by atoms with Crippen molar-refractivity contribution in [3.8, 4) is 0 Å². The first kappa shape index (κ1) is 17.9. The van der Waals surface area contributed by atoms with Crippen LogP contribution in [0.4, 0.5) is 13.2 Å². The number of aryl methyl sites for hydroxylation is 1. The van der Waals surface area contributed by atoms with E-state index < -0.39 is 11.7 Å². The fourth-order valence-electron chi connectivity index (χ4n) is 1.49. The molecule has 1 aromatic heterocycles. The summed E-state index contributed by atoms with van der Waals surface area (Å²) in [5, 5.41) is 0. The van der Waals surface area contributed by atoms with Gasteiger partial charge in [-0.2, -0.15) is 13.2 Å². The third kappa shape index (κ3) is 9.51. The van der Waals surface area contributed by atoms with Crippen LogP contribution in [0, 0.1) is 6.92 Å². The highest BCUT2D eigenvalue weighted by atomic mass is 19.4. The van der Waals surface area contributed by atoms with Crippen LogP contribution in [0.2, 0.25) is 0 Å². The third-order valence-corrected chi connectivity index (χ3v) is 2.70. The van der Waals surface area contributed by atoms with Crippen LogP contribution in [-0.4, -0.2) is 4.98 Å². The van der Waals surface area contributed by atoms with E-state index in [2.05, 4.69) is 18.8 Å². The number of pyridine rings is 1. The molecule has 0 aliphatic rings. The summed E-state index contributed by atoms with van der Waals surface area (Å²) in [6, 6.07) is 2.35. The normalized spacial score (nSPS) is 10.8. The van der Waals surface area contributed by atoms with Crippen LogP contribution < -0.4 is 0 Å². The molecule has 1 rings (SSSR count). The lowest BCUT2D eigenvalue weighted by molar-refractivity contribution is -0.137. The van der Waals surface area contributed by atoms with Gasteiger partial charge in [0.25, 0.3) is 0 Å². The maximum absolute atomic E-state index is 11.9. The van der Waals surface area contributed by atoms with Crippen LogP contribution in [0.1, 0.15) is 63.6 Å². The molecule has 4 heteroatoms. The molecule has 0 unspecified atom stereocenters. The SMILES string of the molecule is CCCCCCCC.Cc1ccc(C(F)(F)F)cn1. The number of nitrogens with zero attached hydrogens (tertiary/aromatic N) is 1. The molecule has 0 aliphatic heterocycles. The van der Waals surface area contributed by atoms with Crippen molar-refractivity contribution >= 4 is 0 Å². The van der Waals surface area contributed by atoms with Crippen molar-refractivity contribution in [3.05, 3.63) is 29.6 Å². The highest BCUT2D eigenvalue weighted by Gasteiger charge is 2.30. The van der Waals surface area contributed by atoms with E-state index >= 15 is 0 Å². The van der Waals surface area contributed by atoms with Crippen molar-refractivity contribution in [2.45, 2.75) is 65.5 Å². The van der Waals surface area contributed by atoms with Crippen molar-refractivity contribution in [2.24, 2.45) is 0 Å². The van der Waals surface area contributed by atoms with Crippen molar-refractivity contribution in [1.82, 2.24) is 4.98 Å². The highest BCUT2D eigenvalue weighted by molar-refractivity contribution is 5.15. The summed E-state index contributed by atoms with van der Waals surface area (Å²) in [6.45, 7) is 6.15. The minimum absolute atomic E-state index is 0.581. The Morgan fingerprint density at radius 1 is 0.947 bits per heavy atom. The predicted octanol–water partition coefficient (Wildman–Crippen LogP) is 5.78. The van der Waals surface area contributed by atoms with E-state index in [-0.39, 0.29) is 0 Å². The van der Waals surface area contributed by atoms with Gasteiger partial charge in [0.05, 0.1) is 5.56 Å². The fourth-order valence-corrected chi connectivity index (χ4v) is 1.49. The Bertz CT molecular complexity index is 311. The number of alkyl halides is 3. The van der Waals surface area contributed by atoms with Crippen molar-refractivity contribution in [2.75, 3.05) is 0 Å². The molecular weight excluding hydrogens is 251 g/mol. The van der Waals surface area contributed by atoms with Gasteiger partial charge in [-0.25, -0.2) is 0 Å². The zero-order chi connectivity index (χ0) is 14.7. The molecule has 1 nitrogen and oxygen atoms in total. The summed E-state index contributed by atoms with van der Waals surface area (Å²) in [5.74, 6) is 0. The Morgan fingerprint density at radius 3 is 1.79 bits per heavy atom. The van der Waals surface area contributed by atoms with E-state index in [4.69, 9.17) is 0 Å². The quantitative estimate of drug-likeness (QED) is 0.621. The molecule has 0 saturated carbocycles. The predicted molar refractivity (Wildman–Crippen MR) is 73.0 cm³/mol. The van der Waals surface area contributed by atoms with Gasteiger partial charge in [-0.15, -0.1) is 0 Å². The van der Waals surface area contributed by atoms with Gasteiger partial charge >= 0.3 is 6.18 Å². The second kappa shape index (κ2) is 9.82. The summed E-state index contributed by atoms with van der Waals surface area (Å²) < 4.78 is 35.6. The number of rotatable bonds is 5. The van der Waals surface area contributed by atoms with Gasteiger partial charge in [0.2, 0.25) is 0 Å². The summed E-state index contributed by atoms with van der Waals surface area (Å²) in [7, 11) is 0. The van der Waals surface area contributed by atoms with Gasteiger partial charge in [-0.05, 0) is 19.1 Å². The molecule has 1 aromatic rings. The Hall–Kier alpha value is -1.06. The van der Waals surface area contributed by atoms with Gasteiger partial charge < -0.3 is 0 Å². The molecule has 0 fully saturated rings. The Morgan fingerprint density at radius 2 is 1.47 bits per heavy atom. The number of hydrogen-bond donors (Lipinski definition) is 0. The van der Waals surface area contributed by atoms with Crippen LogP contribution >= 0.6 is 0 Å². The zero-order valence-corrected chi connectivity index (χ0v) is 12.1. The molecule has 0 amide bonds. The van der Waals surface area contributed by atoms with Crippen LogP contribution in [-0.2, 0) is 6.18 Å². The van der Waals surface area contributed by atoms with Gasteiger partial charge in [-0.3, -0.25) is 4.98 Å². The van der Waals surface area contributed by atoms with Gasteiger partial charge in [0.1, 0.15) is 0 Å². The smallest absolute Gasteiger partial charge is 0.261 e. The molecule has 0 atom stereocenters. The molecule has 0 aliphatic carbocycles. The Labute approximate surface area is 114 Å². The second-order valence-corrected chi connectivity index (χ2v) is 4.60. The molecule has 0 spiro atoms. The summed E-state index contributed by atoms with van der Waals surface area (Å²) in [5.41, 5.74) is -0.124. The minimum Gasteiger partial charge on any atom is -0.261 e. The maximum atomic E-state index is 11.9. The molecule has 0 radical (unpaired) electrons. The number of hydrogen-bond acceptors (Lipinski definition) is 1. The van der Waals surface area contributed by atoms with Gasteiger partial charge in [0, 0.05) is 11.9 Å². The fraction of sp³-hybridized carbons (Fsp3) is 0.667. The summed E-state index contributed by atoms with van der Waals surface area (Å²) >= 11 is 0. The van der Waals surface area contributed by atoms with E-state index in [1.807, 2.05) is 0 Å². The molecule has 0 aromatic carbocycles. The van der Waals surface area contributed by atoms with E-state index in [1.165, 1.54) is 44.6 Å². The molecule has 19 heavy (non-hydrogen) atoms. The second-order valence-electron chi connectivity index (χ2n) is 4.60. The average molecular weight is 275 g/mol. The van der Waals surface area contributed by atoms with Gasteiger partial charge in [-0.1, -0.05) is 52.4 Å². The highest BCUT2D eigenvalue weighted by Crippen LogP contribution is 2.28. The molecule has 0 bridgehead atoms. The monoisotopic (exact) mass is 275 g/mol. The van der Waals surface area contributed by atoms with Crippen LogP contribution in [0.25, 0.3) is 0 Å². The first-order chi connectivity index (χ1) is 8.91. The molecule has 110 valence electrons. The largest absolute Gasteiger partial charge is 0.417 e. The standard InChI is InChI=1S/C8H18.C7H6F3N/c1-3-5-7-8-6-4-2;1-5-2-3-6(4-11-5)7(8,9)10/h3-8H2,1-2H3;2-4H,1H3. The van der Waals surface area contributed by atoms with Crippen molar-refractivity contribution in [1.29, 1.82) is 0 Å². The lowest BCUT2D eigenvalue weighted by atomic mass is 10.1. The average Bonchev–Trinajstić information content (AvgIpc) is 2.35.